The largest absolute Gasteiger partial charge is 0.484 e. The first kappa shape index (κ1) is 22.1. The average molecular weight is 423 g/mol. The van der Waals surface area contributed by atoms with Gasteiger partial charge in [-0.3, -0.25) is 9.59 Å². The van der Waals surface area contributed by atoms with Gasteiger partial charge in [-0.1, -0.05) is 47.5 Å². The molecule has 0 heterocycles. The van der Waals surface area contributed by atoms with Gasteiger partial charge in [-0.05, 0) is 50.1 Å². The molecule has 2 aromatic rings. The topological polar surface area (TPSA) is 58.6 Å². The molecule has 0 saturated heterocycles. The number of ether oxygens (including phenoxy) is 1. The van der Waals surface area contributed by atoms with Crippen LogP contribution in [0.25, 0.3) is 0 Å². The molecule has 0 radical (unpaired) electrons. The summed E-state index contributed by atoms with van der Waals surface area (Å²) in [5.74, 6) is 0.107. The van der Waals surface area contributed by atoms with Crippen molar-refractivity contribution >= 4 is 35.0 Å². The number of hydrogen-bond acceptors (Lipinski definition) is 3. The Kier molecular flexibility index (Phi) is 8.15. The summed E-state index contributed by atoms with van der Waals surface area (Å²) >= 11 is 12.1. The van der Waals surface area contributed by atoms with Gasteiger partial charge in [-0.2, -0.15) is 0 Å². The number of hydrogen-bond donors (Lipinski definition) is 1. The van der Waals surface area contributed by atoms with Crippen molar-refractivity contribution in [2.75, 3.05) is 13.2 Å². The van der Waals surface area contributed by atoms with Gasteiger partial charge in [0.1, 0.15) is 11.8 Å². The van der Waals surface area contributed by atoms with E-state index in [0.29, 0.717) is 22.3 Å². The van der Waals surface area contributed by atoms with Crippen LogP contribution in [0, 0.1) is 6.92 Å². The Morgan fingerprint density at radius 1 is 1.14 bits per heavy atom. The maximum Gasteiger partial charge on any atom is 0.261 e. The second-order valence-corrected chi connectivity index (χ2v) is 7.21. The van der Waals surface area contributed by atoms with Crippen LogP contribution in [0.4, 0.5) is 0 Å². The Hall–Kier alpha value is -2.24. The number of aryl methyl sites for hydroxylation is 1. The van der Waals surface area contributed by atoms with E-state index in [1.165, 1.54) is 4.90 Å². The quantitative estimate of drug-likeness (QED) is 0.691. The van der Waals surface area contributed by atoms with Gasteiger partial charge in [0.15, 0.2) is 6.61 Å². The van der Waals surface area contributed by atoms with Crippen molar-refractivity contribution in [2.24, 2.45) is 0 Å². The molecule has 5 nitrogen and oxygen atoms in total. The second kappa shape index (κ2) is 10.3. The third kappa shape index (κ3) is 5.88. The number of benzene rings is 2. The first-order chi connectivity index (χ1) is 13.3. The Bertz CT molecular complexity index is 842. The SMILES string of the molecule is CCNC(=O)[C@@H](C)N(Cc1ccc(Cl)c(Cl)c1)C(=O)COc1ccccc1C. The first-order valence-electron chi connectivity index (χ1n) is 9.03. The van der Waals surface area contributed by atoms with Crippen molar-refractivity contribution < 1.29 is 14.3 Å². The van der Waals surface area contributed by atoms with Crippen molar-refractivity contribution in [3.63, 3.8) is 0 Å². The van der Waals surface area contributed by atoms with E-state index >= 15 is 0 Å². The zero-order chi connectivity index (χ0) is 20.7. The highest BCUT2D eigenvalue weighted by atomic mass is 35.5. The number of likely N-dealkylation sites (N-methyl/N-ethyl adjacent to an activating group) is 1. The lowest BCUT2D eigenvalue weighted by atomic mass is 10.1. The number of amides is 2. The van der Waals surface area contributed by atoms with E-state index in [4.69, 9.17) is 27.9 Å². The molecule has 0 fully saturated rings. The standard InChI is InChI=1S/C21H24Cl2N2O3/c1-4-24-21(27)15(3)25(12-16-9-10-17(22)18(23)11-16)20(26)13-28-19-8-6-5-7-14(19)2/h5-11,15H,4,12-13H2,1-3H3,(H,24,27)/t15-/m1/s1. The lowest BCUT2D eigenvalue weighted by molar-refractivity contribution is -0.142. The van der Waals surface area contributed by atoms with E-state index in [2.05, 4.69) is 5.32 Å². The van der Waals surface area contributed by atoms with E-state index < -0.39 is 6.04 Å². The van der Waals surface area contributed by atoms with Gasteiger partial charge >= 0.3 is 0 Å². The molecule has 0 aliphatic carbocycles. The van der Waals surface area contributed by atoms with Gasteiger partial charge in [0, 0.05) is 13.1 Å². The number of carbonyl (C=O) groups excluding carboxylic acids is 2. The molecule has 28 heavy (non-hydrogen) atoms. The normalized spacial score (nSPS) is 11.6. The molecule has 0 aliphatic rings. The highest BCUT2D eigenvalue weighted by molar-refractivity contribution is 6.42. The third-order valence-corrected chi connectivity index (χ3v) is 5.04. The third-order valence-electron chi connectivity index (χ3n) is 4.30. The Labute approximate surface area is 175 Å². The zero-order valence-corrected chi connectivity index (χ0v) is 17.7. The molecule has 2 aromatic carbocycles. The van der Waals surface area contributed by atoms with Gasteiger partial charge in [-0.15, -0.1) is 0 Å². The zero-order valence-electron chi connectivity index (χ0n) is 16.2. The van der Waals surface area contributed by atoms with Crippen LogP contribution in [-0.4, -0.2) is 35.9 Å². The molecule has 0 aliphatic heterocycles. The highest BCUT2D eigenvalue weighted by Gasteiger charge is 2.26. The summed E-state index contributed by atoms with van der Waals surface area (Å²) in [6.45, 7) is 5.95. The van der Waals surface area contributed by atoms with Crippen LogP contribution in [0.3, 0.4) is 0 Å². The molecule has 2 rings (SSSR count). The minimum atomic E-state index is -0.664. The number of rotatable bonds is 8. The fourth-order valence-electron chi connectivity index (χ4n) is 2.68. The van der Waals surface area contributed by atoms with E-state index in [1.54, 1.807) is 31.2 Å². The molecular formula is C21H24Cl2N2O3. The second-order valence-electron chi connectivity index (χ2n) is 6.39. The van der Waals surface area contributed by atoms with Gasteiger partial charge in [0.05, 0.1) is 10.0 Å². The first-order valence-corrected chi connectivity index (χ1v) is 9.78. The number of para-hydroxylation sites is 1. The lowest BCUT2D eigenvalue weighted by Gasteiger charge is -2.28. The molecule has 0 aromatic heterocycles. The maximum absolute atomic E-state index is 12.9. The Morgan fingerprint density at radius 2 is 1.86 bits per heavy atom. The minimum Gasteiger partial charge on any atom is -0.484 e. The van der Waals surface area contributed by atoms with E-state index in [9.17, 15) is 9.59 Å². The van der Waals surface area contributed by atoms with E-state index in [0.717, 1.165) is 11.1 Å². The number of nitrogens with one attached hydrogen (secondary N) is 1. The monoisotopic (exact) mass is 422 g/mol. The van der Waals surface area contributed by atoms with Crippen molar-refractivity contribution in [1.29, 1.82) is 0 Å². The Morgan fingerprint density at radius 3 is 2.50 bits per heavy atom. The summed E-state index contributed by atoms with van der Waals surface area (Å²) in [6.07, 6.45) is 0. The molecule has 0 unspecified atom stereocenters. The molecule has 0 spiro atoms. The number of nitrogens with zero attached hydrogens (tertiary/aromatic N) is 1. The molecule has 0 bridgehead atoms. The lowest BCUT2D eigenvalue weighted by Crippen LogP contribution is -2.49. The van der Waals surface area contributed by atoms with Crippen molar-refractivity contribution in [3.05, 3.63) is 63.6 Å². The van der Waals surface area contributed by atoms with Gasteiger partial charge < -0.3 is 15.0 Å². The summed E-state index contributed by atoms with van der Waals surface area (Å²) < 4.78 is 5.68. The van der Waals surface area contributed by atoms with Gasteiger partial charge in [-0.25, -0.2) is 0 Å². The summed E-state index contributed by atoms with van der Waals surface area (Å²) in [7, 11) is 0. The van der Waals surface area contributed by atoms with Crippen LogP contribution in [0.15, 0.2) is 42.5 Å². The number of carbonyl (C=O) groups is 2. The van der Waals surface area contributed by atoms with Crippen molar-refractivity contribution in [3.8, 4) is 5.75 Å². The molecule has 0 saturated carbocycles. The fourth-order valence-corrected chi connectivity index (χ4v) is 3.00. The van der Waals surface area contributed by atoms with Crippen LogP contribution in [0.1, 0.15) is 25.0 Å². The smallest absolute Gasteiger partial charge is 0.261 e. The molecular weight excluding hydrogens is 399 g/mol. The predicted molar refractivity (Wildman–Crippen MR) is 112 cm³/mol. The molecule has 1 atom stereocenters. The van der Waals surface area contributed by atoms with Crippen molar-refractivity contribution in [1.82, 2.24) is 10.2 Å². The van der Waals surface area contributed by atoms with Crippen LogP contribution < -0.4 is 10.1 Å². The average Bonchev–Trinajstić information content (AvgIpc) is 2.67. The van der Waals surface area contributed by atoms with Crippen LogP contribution >= 0.6 is 23.2 Å². The number of halogens is 2. The minimum absolute atomic E-state index is 0.171. The van der Waals surface area contributed by atoms with Crippen LogP contribution in [0.2, 0.25) is 10.0 Å². The summed E-state index contributed by atoms with van der Waals surface area (Å²) in [6, 6.07) is 11.9. The highest BCUT2D eigenvalue weighted by Crippen LogP contribution is 2.24. The van der Waals surface area contributed by atoms with Gasteiger partial charge in [0.2, 0.25) is 5.91 Å². The molecule has 2 amide bonds. The van der Waals surface area contributed by atoms with E-state index in [1.807, 2.05) is 32.0 Å². The fraction of sp³-hybridized carbons (Fsp3) is 0.333. The van der Waals surface area contributed by atoms with E-state index in [-0.39, 0.29) is 25.0 Å². The summed E-state index contributed by atoms with van der Waals surface area (Å²) in [5.41, 5.74) is 1.71. The summed E-state index contributed by atoms with van der Waals surface area (Å²) in [5, 5.41) is 3.58. The maximum atomic E-state index is 12.9. The predicted octanol–water partition coefficient (Wildman–Crippen LogP) is 4.23. The van der Waals surface area contributed by atoms with Crippen molar-refractivity contribution in [2.45, 2.75) is 33.4 Å². The van der Waals surface area contributed by atoms with Crippen LogP contribution in [0.5, 0.6) is 5.75 Å². The molecule has 150 valence electrons. The Balaban J connectivity index is 2.18. The summed E-state index contributed by atoms with van der Waals surface area (Å²) in [4.78, 5) is 26.7. The van der Waals surface area contributed by atoms with Crippen LogP contribution in [-0.2, 0) is 16.1 Å². The van der Waals surface area contributed by atoms with Gasteiger partial charge in [0.25, 0.3) is 5.91 Å². The molecule has 1 N–H and O–H groups in total. The molecule has 7 heteroatoms.